The third kappa shape index (κ3) is 4.13. The molecule has 4 heterocycles. The number of fused-ring (bicyclic) bond motifs is 1. The van der Waals surface area contributed by atoms with Crippen LogP contribution in [0.5, 0.6) is 0 Å². The molecule has 1 amide bonds. The topological polar surface area (TPSA) is 96.7 Å². The van der Waals surface area contributed by atoms with E-state index in [1.165, 1.54) is 10.9 Å². The molecule has 32 heavy (non-hydrogen) atoms. The highest BCUT2D eigenvalue weighted by molar-refractivity contribution is 5.79. The van der Waals surface area contributed by atoms with Crippen molar-refractivity contribution in [2.24, 2.45) is 0 Å². The van der Waals surface area contributed by atoms with Crippen molar-refractivity contribution in [3.63, 3.8) is 0 Å². The van der Waals surface area contributed by atoms with Gasteiger partial charge < -0.3 is 19.4 Å². The Labute approximate surface area is 185 Å². The first-order valence-corrected chi connectivity index (χ1v) is 10.8. The first-order valence-electron chi connectivity index (χ1n) is 10.8. The number of hydrogen-bond donors (Lipinski definition) is 0. The smallest absolute Gasteiger partial charge is 0.261 e. The predicted octanol–water partition coefficient (Wildman–Crippen LogP) is 0.372. The normalized spacial score (nSPS) is 17.1. The molecule has 2 saturated heterocycles. The number of para-hydroxylation sites is 1. The van der Waals surface area contributed by atoms with E-state index in [-0.39, 0.29) is 18.0 Å². The average Bonchev–Trinajstić information content (AvgIpc) is 2.86. The number of morpholine rings is 1. The molecule has 0 spiro atoms. The van der Waals surface area contributed by atoms with Gasteiger partial charge in [-0.25, -0.2) is 9.97 Å². The molecule has 0 aliphatic carbocycles. The fourth-order valence-electron chi connectivity index (χ4n) is 4.08. The van der Waals surface area contributed by atoms with Crippen molar-refractivity contribution in [2.45, 2.75) is 6.54 Å². The van der Waals surface area contributed by atoms with Crippen LogP contribution in [0.25, 0.3) is 10.9 Å². The summed E-state index contributed by atoms with van der Waals surface area (Å²) >= 11 is 0. The number of anilines is 2. The highest BCUT2D eigenvalue weighted by atomic mass is 16.5. The monoisotopic (exact) mass is 435 g/mol. The summed E-state index contributed by atoms with van der Waals surface area (Å²) in [6.45, 7) is 5.44. The predicted molar refractivity (Wildman–Crippen MR) is 120 cm³/mol. The number of ether oxygens (including phenoxy) is 1. The summed E-state index contributed by atoms with van der Waals surface area (Å²) in [5.41, 5.74) is 0.440. The van der Waals surface area contributed by atoms with Gasteiger partial charge in [-0.15, -0.1) is 0 Å². The molecule has 1 aromatic carbocycles. The maximum absolute atomic E-state index is 12.8. The van der Waals surface area contributed by atoms with Crippen LogP contribution in [0.1, 0.15) is 0 Å². The molecule has 3 aromatic rings. The lowest BCUT2D eigenvalue weighted by Crippen LogP contribution is -2.50. The molecule has 2 aromatic heterocycles. The maximum Gasteiger partial charge on any atom is 0.261 e. The van der Waals surface area contributed by atoms with Crippen molar-refractivity contribution >= 4 is 28.6 Å². The quantitative estimate of drug-likeness (QED) is 0.580. The number of benzene rings is 1. The Bertz CT molecular complexity index is 1170. The third-order valence-electron chi connectivity index (χ3n) is 5.92. The SMILES string of the molecule is O=C(Cn1cnc2ccccc2c1=O)N1CCN(c2ccnc(N3CCOCC3)n2)CC1. The fourth-order valence-corrected chi connectivity index (χ4v) is 4.08. The molecule has 2 aliphatic rings. The summed E-state index contributed by atoms with van der Waals surface area (Å²) in [7, 11) is 0. The summed E-state index contributed by atoms with van der Waals surface area (Å²) in [6, 6.07) is 9.07. The number of carbonyl (C=O) groups excluding carboxylic acids is 1. The van der Waals surface area contributed by atoms with Crippen LogP contribution < -0.4 is 15.4 Å². The molecule has 10 heteroatoms. The zero-order valence-corrected chi connectivity index (χ0v) is 17.8. The Morgan fingerprint density at radius 1 is 0.938 bits per heavy atom. The van der Waals surface area contributed by atoms with Crippen LogP contribution in [0, 0.1) is 0 Å². The molecular formula is C22H25N7O3. The van der Waals surface area contributed by atoms with Crippen molar-refractivity contribution in [1.29, 1.82) is 0 Å². The first-order chi connectivity index (χ1) is 15.7. The van der Waals surface area contributed by atoms with Crippen LogP contribution in [-0.4, -0.2) is 82.8 Å². The number of piperazine rings is 1. The Morgan fingerprint density at radius 2 is 1.72 bits per heavy atom. The van der Waals surface area contributed by atoms with E-state index in [4.69, 9.17) is 9.72 Å². The number of amides is 1. The van der Waals surface area contributed by atoms with E-state index < -0.39 is 0 Å². The second-order valence-electron chi connectivity index (χ2n) is 7.88. The molecule has 0 saturated carbocycles. The zero-order chi connectivity index (χ0) is 21.9. The van der Waals surface area contributed by atoms with Gasteiger partial charge in [-0.2, -0.15) is 4.98 Å². The molecule has 2 fully saturated rings. The maximum atomic E-state index is 12.8. The fraction of sp³-hybridized carbons (Fsp3) is 0.409. The molecule has 0 radical (unpaired) electrons. The first kappa shape index (κ1) is 20.4. The molecule has 5 rings (SSSR count). The minimum atomic E-state index is -0.195. The van der Waals surface area contributed by atoms with E-state index in [1.54, 1.807) is 29.3 Å². The van der Waals surface area contributed by atoms with Crippen molar-refractivity contribution in [3.8, 4) is 0 Å². The van der Waals surface area contributed by atoms with Gasteiger partial charge in [0.05, 0.1) is 30.4 Å². The highest BCUT2D eigenvalue weighted by Crippen LogP contribution is 2.18. The van der Waals surface area contributed by atoms with Crippen LogP contribution in [-0.2, 0) is 16.1 Å². The molecule has 10 nitrogen and oxygen atoms in total. The summed E-state index contributed by atoms with van der Waals surface area (Å²) in [4.78, 5) is 45.0. The van der Waals surface area contributed by atoms with Gasteiger partial charge in [-0.05, 0) is 18.2 Å². The Balaban J connectivity index is 1.22. The van der Waals surface area contributed by atoms with Gasteiger partial charge in [-0.1, -0.05) is 12.1 Å². The standard InChI is InChI=1S/C22H25N7O3/c30-20(15-29-16-24-18-4-2-1-3-17(18)21(29)31)27-9-7-26(8-10-27)19-5-6-23-22(25-19)28-11-13-32-14-12-28/h1-6,16H,7-15H2. The van der Waals surface area contributed by atoms with Crippen molar-refractivity contribution in [2.75, 3.05) is 62.3 Å². The highest BCUT2D eigenvalue weighted by Gasteiger charge is 2.23. The second-order valence-corrected chi connectivity index (χ2v) is 7.88. The number of aromatic nitrogens is 4. The van der Waals surface area contributed by atoms with Gasteiger partial charge in [0.1, 0.15) is 12.4 Å². The van der Waals surface area contributed by atoms with Gasteiger partial charge in [-0.3, -0.25) is 14.2 Å². The molecule has 166 valence electrons. The number of nitrogens with zero attached hydrogens (tertiary/aromatic N) is 7. The molecule has 0 bridgehead atoms. The summed E-state index contributed by atoms with van der Waals surface area (Å²) in [6.07, 6.45) is 3.23. The number of rotatable bonds is 4. The van der Waals surface area contributed by atoms with E-state index in [2.05, 4.69) is 19.8 Å². The van der Waals surface area contributed by atoms with Crippen molar-refractivity contribution in [1.82, 2.24) is 24.4 Å². The average molecular weight is 435 g/mol. The Hall–Kier alpha value is -3.53. The Kier molecular flexibility index (Phi) is 5.68. The lowest BCUT2D eigenvalue weighted by atomic mass is 10.2. The van der Waals surface area contributed by atoms with Crippen LogP contribution in [0.3, 0.4) is 0 Å². The lowest BCUT2D eigenvalue weighted by molar-refractivity contribution is -0.132. The van der Waals surface area contributed by atoms with Crippen LogP contribution in [0.2, 0.25) is 0 Å². The largest absolute Gasteiger partial charge is 0.378 e. The van der Waals surface area contributed by atoms with Crippen LogP contribution in [0.15, 0.2) is 47.7 Å². The van der Waals surface area contributed by atoms with E-state index >= 15 is 0 Å². The van der Waals surface area contributed by atoms with Crippen LogP contribution in [0.4, 0.5) is 11.8 Å². The Morgan fingerprint density at radius 3 is 2.53 bits per heavy atom. The summed E-state index contributed by atoms with van der Waals surface area (Å²) < 4.78 is 6.79. The van der Waals surface area contributed by atoms with Gasteiger partial charge in [0.15, 0.2) is 0 Å². The van der Waals surface area contributed by atoms with Crippen LogP contribution >= 0.6 is 0 Å². The molecular weight excluding hydrogens is 410 g/mol. The number of hydrogen-bond acceptors (Lipinski definition) is 8. The van der Waals surface area contributed by atoms with E-state index in [1.807, 2.05) is 12.1 Å². The minimum Gasteiger partial charge on any atom is -0.378 e. The molecule has 0 atom stereocenters. The van der Waals surface area contributed by atoms with Gasteiger partial charge in [0, 0.05) is 45.5 Å². The summed E-state index contributed by atoms with van der Waals surface area (Å²) in [5.74, 6) is 1.50. The minimum absolute atomic E-state index is 0.00858. The zero-order valence-electron chi connectivity index (χ0n) is 17.8. The van der Waals surface area contributed by atoms with Crippen molar-refractivity contribution in [3.05, 3.63) is 53.2 Å². The van der Waals surface area contributed by atoms with Gasteiger partial charge in [0.25, 0.3) is 5.56 Å². The lowest BCUT2D eigenvalue weighted by Gasteiger charge is -2.36. The van der Waals surface area contributed by atoms with Gasteiger partial charge >= 0.3 is 0 Å². The third-order valence-corrected chi connectivity index (χ3v) is 5.92. The van der Waals surface area contributed by atoms with Gasteiger partial charge in [0.2, 0.25) is 11.9 Å². The summed E-state index contributed by atoms with van der Waals surface area (Å²) in [5, 5.41) is 0.521. The van der Waals surface area contributed by atoms with E-state index in [0.717, 1.165) is 18.9 Å². The van der Waals surface area contributed by atoms with Crippen molar-refractivity contribution < 1.29 is 9.53 Å². The molecule has 2 aliphatic heterocycles. The molecule has 0 N–H and O–H groups in total. The molecule has 0 unspecified atom stereocenters. The second kappa shape index (κ2) is 8.91. The van der Waals surface area contributed by atoms with E-state index in [0.29, 0.717) is 56.2 Å². The number of carbonyl (C=O) groups is 1. The van der Waals surface area contributed by atoms with E-state index in [9.17, 15) is 9.59 Å².